The number of carbonyl (C=O) groups is 2. The number of carbonyl (C=O) groups excluding carboxylic acids is 2. The fourth-order valence-corrected chi connectivity index (χ4v) is 5.40. The van der Waals surface area contributed by atoms with Gasteiger partial charge in [-0.2, -0.15) is 0 Å². The number of nitrogens with one attached hydrogen (secondary N) is 1. The molecule has 0 bridgehead atoms. The molecule has 0 aromatic heterocycles. The van der Waals surface area contributed by atoms with Crippen molar-refractivity contribution in [1.82, 2.24) is 10.2 Å². The molecule has 1 N–H and O–H groups in total. The molecule has 0 aliphatic heterocycles. The first-order valence-corrected chi connectivity index (χ1v) is 14.1. The van der Waals surface area contributed by atoms with Crippen molar-refractivity contribution < 1.29 is 27.1 Å². The van der Waals surface area contributed by atoms with Crippen LogP contribution in [0, 0.1) is 5.82 Å². The van der Waals surface area contributed by atoms with Gasteiger partial charge in [0.05, 0.1) is 22.7 Å². The Balaban J connectivity index is 2.02. The van der Waals surface area contributed by atoms with Crippen molar-refractivity contribution in [3.05, 3.63) is 89.2 Å². The molecule has 208 valence electrons. The third-order valence-corrected chi connectivity index (χ3v) is 8.11. The lowest BCUT2D eigenvalue weighted by molar-refractivity contribution is -0.139. The van der Waals surface area contributed by atoms with Crippen molar-refractivity contribution in [2.75, 3.05) is 24.5 Å². The molecule has 0 saturated carbocycles. The minimum atomic E-state index is -4.27. The van der Waals surface area contributed by atoms with Gasteiger partial charge in [0.25, 0.3) is 10.0 Å². The van der Waals surface area contributed by atoms with Crippen LogP contribution >= 0.6 is 11.6 Å². The summed E-state index contributed by atoms with van der Waals surface area (Å²) in [5.74, 6) is -1.12. The fourth-order valence-electron chi connectivity index (χ4n) is 3.79. The van der Waals surface area contributed by atoms with E-state index in [1.165, 1.54) is 30.2 Å². The van der Waals surface area contributed by atoms with Crippen LogP contribution < -0.4 is 14.4 Å². The van der Waals surface area contributed by atoms with Crippen LogP contribution in [0.25, 0.3) is 0 Å². The van der Waals surface area contributed by atoms with Crippen LogP contribution in [0.2, 0.25) is 5.02 Å². The molecule has 3 aromatic carbocycles. The largest absolute Gasteiger partial charge is 0.497 e. The SMILES string of the molecule is CCCNC(=O)C(C)N(Cc1ccc(OC)cc1)C(=O)CN(c1ccc(F)c(Cl)c1)S(=O)(=O)c1ccccc1. The maximum absolute atomic E-state index is 13.9. The Bertz CT molecular complexity index is 1390. The first kappa shape index (κ1) is 29.9. The van der Waals surface area contributed by atoms with Crippen LogP contribution in [0.5, 0.6) is 5.75 Å². The third kappa shape index (κ3) is 7.48. The summed E-state index contributed by atoms with van der Waals surface area (Å²) >= 11 is 5.97. The maximum Gasteiger partial charge on any atom is 0.264 e. The summed E-state index contributed by atoms with van der Waals surface area (Å²) in [6.45, 7) is 3.30. The average molecular weight is 576 g/mol. The zero-order valence-corrected chi connectivity index (χ0v) is 23.5. The van der Waals surface area contributed by atoms with E-state index in [-0.39, 0.29) is 28.1 Å². The monoisotopic (exact) mass is 575 g/mol. The lowest BCUT2D eigenvalue weighted by atomic mass is 10.1. The first-order chi connectivity index (χ1) is 18.6. The first-order valence-electron chi connectivity index (χ1n) is 12.3. The predicted molar refractivity (Wildman–Crippen MR) is 149 cm³/mol. The Hall–Kier alpha value is -3.63. The Morgan fingerprint density at radius 3 is 2.31 bits per heavy atom. The zero-order chi connectivity index (χ0) is 28.6. The highest BCUT2D eigenvalue weighted by molar-refractivity contribution is 7.92. The van der Waals surface area contributed by atoms with Gasteiger partial charge in [-0.05, 0) is 61.4 Å². The van der Waals surface area contributed by atoms with Gasteiger partial charge in [-0.3, -0.25) is 13.9 Å². The quantitative estimate of drug-likeness (QED) is 0.340. The van der Waals surface area contributed by atoms with Gasteiger partial charge >= 0.3 is 0 Å². The van der Waals surface area contributed by atoms with Crippen molar-refractivity contribution >= 4 is 39.1 Å². The van der Waals surface area contributed by atoms with Crippen molar-refractivity contribution in [3.8, 4) is 5.75 Å². The zero-order valence-electron chi connectivity index (χ0n) is 21.9. The number of methoxy groups -OCH3 is 1. The smallest absolute Gasteiger partial charge is 0.264 e. The van der Waals surface area contributed by atoms with E-state index in [1.807, 2.05) is 6.92 Å². The van der Waals surface area contributed by atoms with E-state index >= 15 is 0 Å². The predicted octanol–water partition coefficient (Wildman–Crippen LogP) is 4.63. The van der Waals surface area contributed by atoms with E-state index in [2.05, 4.69) is 5.32 Å². The van der Waals surface area contributed by atoms with Gasteiger partial charge in [0.1, 0.15) is 24.2 Å². The number of amides is 2. The highest BCUT2D eigenvalue weighted by Gasteiger charge is 2.32. The van der Waals surface area contributed by atoms with E-state index in [0.29, 0.717) is 24.3 Å². The highest BCUT2D eigenvalue weighted by Crippen LogP contribution is 2.28. The second kappa shape index (κ2) is 13.4. The highest BCUT2D eigenvalue weighted by atomic mass is 35.5. The topological polar surface area (TPSA) is 96.0 Å². The maximum atomic E-state index is 13.9. The average Bonchev–Trinajstić information content (AvgIpc) is 2.95. The number of anilines is 1. The molecule has 11 heteroatoms. The van der Waals surface area contributed by atoms with Crippen LogP contribution in [0.15, 0.2) is 77.7 Å². The minimum Gasteiger partial charge on any atom is -0.497 e. The Labute approximate surface area is 233 Å². The molecule has 0 aliphatic carbocycles. The Morgan fingerprint density at radius 2 is 1.72 bits per heavy atom. The number of hydrogen-bond acceptors (Lipinski definition) is 5. The molecular formula is C28H31ClFN3O5S. The van der Waals surface area contributed by atoms with Crippen LogP contribution in [-0.2, 0) is 26.2 Å². The molecule has 3 rings (SSSR count). The van der Waals surface area contributed by atoms with E-state index in [1.54, 1.807) is 49.4 Å². The number of halogens is 2. The molecule has 0 aliphatic rings. The van der Waals surface area contributed by atoms with Crippen LogP contribution in [0.1, 0.15) is 25.8 Å². The van der Waals surface area contributed by atoms with Gasteiger partial charge in [0, 0.05) is 13.1 Å². The normalized spacial score (nSPS) is 11.9. The molecule has 0 radical (unpaired) electrons. The summed E-state index contributed by atoms with van der Waals surface area (Å²) in [5.41, 5.74) is 0.715. The Morgan fingerprint density at radius 1 is 1.05 bits per heavy atom. The molecule has 0 fully saturated rings. The Kier molecular flexibility index (Phi) is 10.3. The lowest BCUT2D eigenvalue weighted by Gasteiger charge is -2.32. The van der Waals surface area contributed by atoms with Gasteiger partial charge in [0.2, 0.25) is 11.8 Å². The number of sulfonamides is 1. The summed E-state index contributed by atoms with van der Waals surface area (Å²) < 4.78 is 47.4. The second-order valence-electron chi connectivity index (χ2n) is 8.76. The summed E-state index contributed by atoms with van der Waals surface area (Å²) in [4.78, 5) is 27.9. The number of hydrogen-bond donors (Lipinski definition) is 1. The van der Waals surface area contributed by atoms with Crippen molar-refractivity contribution in [2.45, 2.75) is 37.8 Å². The standard InChI is InChI=1S/C28H31ClFN3O5S/c1-4-16-31-28(35)20(2)32(18-21-10-13-23(38-3)14-11-21)27(34)19-33(22-12-15-26(30)25(29)17-22)39(36,37)24-8-6-5-7-9-24/h5-15,17,20H,4,16,18-19H2,1-3H3,(H,31,35). The summed E-state index contributed by atoms with van der Waals surface area (Å²) in [6.07, 6.45) is 0.708. The molecule has 0 spiro atoms. The number of rotatable bonds is 12. The fraction of sp³-hybridized carbons (Fsp3) is 0.286. The van der Waals surface area contributed by atoms with E-state index in [4.69, 9.17) is 16.3 Å². The van der Waals surface area contributed by atoms with Crippen molar-refractivity contribution in [1.29, 1.82) is 0 Å². The van der Waals surface area contributed by atoms with E-state index in [9.17, 15) is 22.4 Å². The molecule has 39 heavy (non-hydrogen) atoms. The molecule has 2 amide bonds. The van der Waals surface area contributed by atoms with E-state index in [0.717, 1.165) is 16.4 Å². The number of benzene rings is 3. The minimum absolute atomic E-state index is 0.00564. The van der Waals surface area contributed by atoms with Crippen molar-refractivity contribution in [3.63, 3.8) is 0 Å². The molecule has 1 unspecified atom stereocenters. The number of ether oxygens (including phenoxy) is 1. The van der Waals surface area contributed by atoms with Crippen LogP contribution in [-0.4, -0.2) is 51.4 Å². The van der Waals surface area contributed by atoms with Crippen molar-refractivity contribution in [2.24, 2.45) is 0 Å². The molecule has 3 aromatic rings. The van der Waals surface area contributed by atoms with Crippen LogP contribution in [0.4, 0.5) is 10.1 Å². The molecule has 8 nitrogen and oxygen atoms in total. The van der Waals surface area contributed by atoms with Crippen LogP contribution in [0.3, 0.4) is 0 Å². The number of nitrogens with zero attached hydrogens (tertiary/aromatic N) is 2. The lowest BCUT2D eigenvalue weighted by Crippen LogP contribution is -2.51. The van der Waals surface area contributed by atoms with Gasteiger partial charge in [-0.25, -0.2) is 12.8 Å². The van der Waals surface area contributed by atoms with E-state index < -0.39 is 34.3 Å². The van der Waals surface area contributed by atoms with Gasteiger partial charge in [-0.1, -0.05) is 48.9 Å². The molecule has 0 heterocycles. The summed E-state index contributed by atoms with van der Waals surface area (Å²) in [5, 5.41) is 2.49. The molecule has 1 atom stereocenters. The molecule has 0 saturated heterocycles. The summed E-state index contributed by atoms with van der Waals surface area (Å²) in [7, 11) is -2.73. The third-order valence-electron chi connectivity index (χ3n) is 6.03. The van der Waals surface area contributed by atoms with Gasteiger partial charge < -0.3 is 15.0 Å². The van der Waals surface area contributed by atoms with Gasteiger partial charge in [-0.15, -0.1) is 0 Å². The van der Waals surface area contributed by atoms with Gasteiger partial charge in [0.15, 0.2) is 0 Å². The molecular weight excluding hydrogens is 545 g/mol. The second-order valence-corrected chi connectivity index (χ2v) is 11.0. The summed E-state index contributed by atoms with van der Waals surface area (Å²) in [6, 6.07) is 17.0.